The van der Waals surface area contributed by atoms with Gasteiger partial charge in [-0.15, -0.1) is 11.6 Å². The maximum Gasteiger partial charge on any atom is 0.139 e. The highest BCUT2D eigenvalue weighted by Gasteiger charge is 2.18. The quantitative estimate of drug-likeness (QED) is 0.544. The summed E-state index contributed by atoms with van der Waals surface area (Å²) in [5, 5.41) is -0.275. The molecule has 1 heterocycles. The van der Waals surface area contributed by atoms with Gasteiger partial charge < -0.3 is 0 Å². The Bertz CT molecular complexity index is 827. The smallest absolute Gasteiger partial charge is 0.139 e. The molecule has 0 spiro atoms. The lowest BCUT2D eigenvalue weighted by molar-refractivity contribution is 0.619. The maximum atomic E-state index is 14.0. The van der Waals surface area contributed by atoms with E-state index in [0.29, 0.717) is 10.3 Å². The summed E-state index contributed by atoms with van der Waals surface area (Å²) in [5.41, 5.74) is 3.48. The molecule has 0 saturated carbocycles. The lowest BCUT2D eigenvalue weighted by Crippen LogP contribution is -2.04. The van der Waals surface area contributed by atoms with Crippen LogP contribution in [0.2, 0.25) is 0 Å². The summed E-state index contributed by atoms with van der Waals surface area (Å²) in [6, 6.07) is 11.0. The van der Waals surface area contributed by atoms with Gasteiger partial charge in [0.05, 0.1) is 26.6 Å². The molecule has 1 atom stereocenters. The fourth-order valence-electron chi connectivity index (χ4n) is 2.44. The van der Waals surface area contributed by atoms with Crippen molar-refractivity contribution in [3.63, 3.8) is 0 Å². The van der Waals surface area contributed by atoms with Gasteiger partial charge in [-0.25, -0.2) is 9.37 Å². The number of halogens is 3. The Morgan fingerprint density at radius 3 is 2.71 bits per heavy atom. The topological polar surface area (TPSA) is 17.8 Å². The molecule has 0 amide bonds. The summed E-state index contributed by atoms with van der Waals surface area (Å²) in [4.78, 5) is 4.58. The zero-order chi connectivity index (χ0) is 15.1. The number of hydrogen-bond donors (Lipinski definition) is 0. The number of benzene rings is 2. The molecule has 0 radical (unpaired) electrons. The second-order valence-electron chi connectivity index (χ2n) is 4.96. The van der Waals surface area contributed by atoms with E-state index >= 15 is 0 Å². The molecule has 0 bridgehead atoms. The van der Waals surface area contributed by atoms with Crippen LogP contribution in [0.4, 0.5) is 4.39 Å². The highest BCUT2D eigenvalue weighted by atomic mass is 79.9. The van der Waals surface area contributed by atoms with E-state index in [4.69, 9.17) is 11.6 Å². The molecule has 1 unspecified atom stereocenters. The van der Waals surface area contributed by atoms with Crippen molar-refractivity contribution in [2.75, 3.05) is 0 Å². The molecule has 3 aromatic rings. The Labute approximate surface area is 135 Å². The molecular formula is C16H13BrClFN2. The number of imidazole rings is 1. The van der Waals surface area contributed by atoms with Crippen LogP contribution in [0.3, 0.4) is 0 Å². The highest BCUT2D eigenvalue weighted by molar-refractivity contribution is 9.10. The molecule has 2 aromatic carbocycles. The van der Waals surface area contributed by atoms with Crippen molar-refractivity contribution in [1.82, 2.24) is 9.55 Å². The van der Waals surface area contributed by atoms with Crippen molar-refractivity contribution in [2.45, 2.75) is 19.2 Å². The molecule has 0 fully saturated rings. The predicted octanol–water partition coefficient (Wildman–Crippen LogP) is 5.54. The number of fused-ring (bicyclic) bond motifs is 1. The van der Waals surface area contributed by atoms with Crippen molar-refractivity contribution >= 4 is 38.6 Å². The van der Waals surface area contributed by atoms with Crippen LogP contribution in [0.15, 0.2) is 40.9 Å². The average molecular weight is 368 g/mol. The van der Waals surface area contributed by atoms with E-state index in [1.807, 2.05) is 42.7 Å². The van der Waals surface area contributed by atoms with Crippen LogP contribution >= 0.6 is 27.5 Å². The molecule has 21 heavy (non-hydrogen) atoms. The minimum atomic E-state index is -0.304. The summed E-state index contributed by atoms with van der Waals surface area (Å²) in [7, 11) is 0. The lowest BCUT2D eigenvalue weighted by Gasteiger charge is -2.14. The van der Waals surface area contributed by atoms with E-state index in [2.05, 4.69) is 20.9 Å². The number of aromatic nitrogens is 2. The molecular weight excluding hydrogens is 355 g/mol. The number of alkyl halides is 1. The number of para-hydroxylation sites is 2. The first-order chi connectivity index (χ1) is 9.99. The van der Waals surface area contributed by atoms with Gasteiger partial charge in [-0.3, -0.25) is 4.57 Å². The van der Waals surface area contributed by atoms with Crippen LogP contribution in [0.1, 0.15) is 23.7 Å². The normalized spacial score (nSPS) is 12.8. The van der Waals surface area contributed by atoms with Crippen LogP contribution in [-0.2, 0) is 0 Å². The van der Waals surface area contributed by atoms with Gasteiger partial charge in [0.2, 0.25) is 0 Å². The number of nitrogens with zero attached hydrogens (tertiary/aromatic N) is 2. The second-order valence-corrected chi connectivity index (χ2v) is 6.47. The van der Waals surface area contributed by atoms with E-state index in [9.17, 15) is 4.39 Å². The average Bonchev–Trinajstić information content (AvgIpc) is 2.82. The van der Waals surface area contributed by atoms with E-state index in [1.54, 1.807) is 6.07 Å². The Morgan fingerprint density at radius 2 is 2.00 bits per heavy atom. The number of aryl methyl sites for hydroxylation is 1. The predicted molar refractivity (Wildman–Crippen MR) is 87.7 cm³/mol. The zero-order valence-corrected chi connectivity index (χ0v) is 13.9. The van der Waals surface area contributed by atoms with Crippen LogP contribution in [0.5, 0.6) is 0 Å². The number of hydrogen-bond acceptors (Lipinski definition) is 1. The molecule has 0 aliphatic carbocycles. The molecule has 3 rings (SSSR count). The van der Waals surface area contributed by atoms with Crippen LogP contribution in [0, 0.1) is 12.7 Å². The molecule has 108 valence electrons. The molecule has 0 aliphatic heterocycles. The molecule has 0 N–H and O–H groups in total. The summed E-state index contributed by atoms with van der Waals surface area (Å²) >= 11 is 9.48. The Balaban J connectivity index is 2.38. The fourth-order valence-corrected chi connectivity index (χ4v) is 3.05. The SMILES string of the molecule is Cc1cc(Br)c(F)cc1-n1c(C(C)Cl)nc2ccccc21. The third-order valence-electron chi connectivity index (χ3n) is 3.42. The van der Waals surface area contributed by atoms with E-state index in [-0.39, 0.29) is 11.2 Å². The van der Waals surface area contributed by atoms with Gasteiger partial charge in [-0.05, 0) is 59.6 Å². The van der Waals surface area contributed by atoms with E-state index in [0.717, 1.165) is 22.3 Å². The standard InChI is InChI=1S/C16H13BrClFN2/c1-9-7-11(17)12(19)8-15(9)21-14-6-4-3-5-13(14)20-16(21)10(2)18/h3-8,10H,1-2H3. The Hall–Kier alpha value is -1.39. The molecule has 1 aromatic heterocycles. The van der Waals surface area contributed by atoms with Gasteiger partial charge in [0, 0.05) is 0 Å². The second kappa shape index (κ2) is 5.43. The third-order valence-corrected chi connectivity index (χ3v) is 4.23. The van der Waals surface area contributed by atoms with E-state index in [1.165, 1.54) is 6.07 Å². The molecule has 5 heteroatoms. The minimum absolute atomic E-state index is 0.275. The van der Waals surface area contributed by atoms with Crippen LogP contribution in [0.25, 0.3) is 16.7 Å². The highest BCUT2D eigenvalue weighted by Crippen LogP contribution is 2.31. The van der Waals surface area contributed by atoms with Gasteiger partial charge in [0.15, 0.2) is 0 Å². The third kappa shape index (κ3) is 2.47. The molecule has 0 aliphatic rings. The van der Waals surface area contributed by atoms with Gasteiger partial charge >= 0.3 is 0 Å². The van der Waals surface area contributed by atoms with Gasteiger partial charge in [-0.2, -0.15) is 0 Å². The van der Waals surface area contributed by atoms with Crippen LogP contribution < -0.4 is 0 Å². The van der Waals surface area contributed by atoms with Crippen molar-refractivity contribution < 1.29 is 4.39 Å². The Morgan fingerprint density at radius 1 is 1.29 bits per heavy atom. The van der Waals surface area contributed by atoms with Crippen LogP contribution in [-0.4, -0.2) is 9.55 Å². The number of rotatable bonds is 2. The summed E-state index contributed by atoms with van der Waals surface area (Å²) in [5.74, 6) is 0.407. The Kier molecular flexibility index (Phi) is 3.76. The fraction of sp³-hybridized carbons (Fsp3) is 0.188. The first-order valence-corrected chi connectivity index (χ1v) is 7.79. The minimum Gasteiger partial charge on any atom is -0.295 e. The van der Waals surface area contributed by atoms with E-state index < -0.39 is 0 Å². The largest absolute Gasteiger partial charge is 0.295 e. The zero-order valence-electron chi connectivity index (χ0n) is 11.6. The first kappa shape index (κ1) is 14.5. The molecule has 0 saturated heterocycles. The lowest BCUT2D eigenvalue weighted by atomic mass is 10.2. The van der Waals surface area contributed by atoms with Gasteiger partial charge in [-0.1, -0.05) is 12.1 Å². The van der Waals surface area contributed by atoms with Crippen molar-refractivity contribution in [2.24, 2.45) is 0 Å². The first-order valence-electron chi connectivity index (χ1n) is 6.56. The summed E-state index contributed by atoms with van der Waals surface area (Å²) in [6.07, 6.45) is 0. The van der Waals surface area contributed by atoms with Gasteiger partial charge in [0.1, 0.15) is 11.6 Å². The van der Waals surface area contributed by atoms with Crippen molar-refractivity contribution in [3.8, 4) is 5.69 Å². The summed E-state index contributed by atoms with van der Waals surface area (Å²) in [6.45, 7) is 3.81. The van der Waals surface area contributed by atoms with Crippen molar-refractivity contribution in [1.29, 1.82) is 0 Å². The maximum absolute atomic E-state index is 14.0. The monoisotopic (exact) mass is 366 g/mol. The van der Waals surface area contributed by atoms with Crippen molar-refractivity contribution in [3.05, 3.63) is 58.1 Å². The molecule has 2 nitrogen and oxygen atoms in total. The van der Waals surface area contributed by atoms with Gasteiger partial charge in [0.25, 0.3) is 0 Å². The summed E-state index contributed by atoms with van der Waals surface area (Å²) < 4.78 is 16.4.